The molecule has 8 nitrogen and oxygen atoms in total. The second kappa shape index (κ2) is 14.0. The molecule has 2 rings (SSSR count). The molecule has 0 aliphatic heterocycles. The standard InChI is InChI=1S/C27H39N3O5S/c1-6-35-24(31)14-18(11-16(2)3)26(33)30-22(27(34)29-21(25(28)32)12-17(4)5)13-19-15-36-23-10-8-7-9-20(19)23/h7-10,15-18,21-22H,6,11-14H2,1-5H3,(H2,28,32)(H,29,34)(H,30,33)/t18?,21-,22-/m0/s1. The normalized spacial score (nSPS) is 13.9. The lowest BCUT2D eigenvalue weighted by Crippen LogP contribution is -2.54. The second-order valence-electron chi connectivity index (χ2n) is 9.95. The summed E-state index contributed by atoms with van der Waals surface area (Å²) in [6.07, 6.45) is 1.03. The van der Waals surface area contributed by atoms with Crippen LogP contribution in [0.5, 0.6) is 0 Å². The van der Waals surface area contributed by atoms with E-state index in [0.29, 0.717) is 12.8 Å². The van der Waals surface area contributed by atoms with Gasteiger partial charge in [0.1, 0.15) is 12.1 Å². The molecule has 3 atom stereocenters. The zero-order valence-electron chi connectivity index (χ0n) is 21.8. The molecule has 9 heteroatoms. The molecule has 0 aliphatic rings. The molecule has 36 heavy (non-hydrogen) atoms. The van der Waals surface area contributed by atoms with E-state index in [1.54, 1.807) is 18.3 Å². The minimum Gasteiger partial charge on any atom is -0.466 e. The molecule has 1 unspecified atom stereocenters. The van der Waals surface area contributed by atoms with Crippen molar-refractivity contribution in [2.45, 2.75) is 72.4 Å². The Morgan fingerprint density at radius 2 is 1.58 bits per heavy atom. The van der Waals surface area contributed by atoms with Gasteiger partial charge in [0.15, 0.2) is 0 Å². The first kappa shape index (κ1) is 29.3. The Balaban J connectivity index is 2.31. The third kappa shape index (κ3) is 8.93. The van der Waals surface area contributed by atoms with E-state index >= 15 is 0 Å². The lowest BCUT2D eigenvalue weighted by Gasteiger charge is -2.25. The maximum atomic E-state index is 13.4. The van der Waals surface area contributed by atoms with Gasteiger partial charge >= 0.3 is 5.97 Å². The first-order valence-electron chi connectivity index (χ1n) is 12.5. The van der Waals surface area contributed by atoms with Crippen LogP contribution in [0.2, 0.25) is 0 Å². The number of benzene rings is 1. The smallest absolute Gasteiger partial charge is 0.306 e. The van der Waals surface area contributed by atoms with Crippen LogP contribution in [-0.4, -0.2) is 42.4 Å². The number of rotatable bonds is 14. The van der Waals surface area contributed by atoms with Crippen molar-refractivity contribution in [1.82, 2.24) is 10.6 Å². The molecule has 0 fully saturated rings. The Morgan fingerprint density at radius 3 is 2.19 bits per heavy atom. The summed E-state index contributed by atoms with van der Waals surface area (Å²) >= 11 is 1.56. The molecule has 0 saturated heterocycles. The van der Waals surface area contributed by atoms with Crippen LogP contribution in [0.25, 0.3) is 10.1 Å². The fourth-order valence-corrected chi connectivity index (χ4v) is 5.15. The molecule has 0 bridgehead atoms. The SMILES string of the molecule is CCOC(=O)CC(CC(C)C)C(=O)N[C@@H](Cc1csc2ccccc12)C(=O)N[C@@H](CC(C)C)C(N)=O. The Labute approximate surface area is 217 Å². The van der Waals surface area contributed by atoms with E-state index in [2.05, 4.69) is 10.6 Å². The van der Waals surface area contributed by atoms with E-state index in [0.717, 1.165) is 15.6 Å². The van der Waals surface area contributed by atoms with Gasteiger partial charge in [0, 0.05) is 17.0 Å². The van der Waals surface area contributed by atoms with Crippen LogP contribution in [0.15, 0.2) is 29.6 Å². The van der Waals surface area contributed by atoms with Gasteiger partial charge in [-0.05, 0) is 54.0 Å². The summed E-state index contributed by atoms with van der Waals surface area (Å²) in [6.45, 7) is 9.76. The molecule has 0 spiro atoms. The highest BCUT2D eigenvalue weighted by Crippen LogP contribution is 2.27. The third-order valence-corrected chi connectivity index (χ3v) is 6.84. The summed E-state index contributed by atoms with van der Waals surface area (Å²) in [5.74, 6) is -2.29. The lowest BCUT2D eigenvalue weighted by molar-refractivity contribution is -0.147. The largest absolute Gasteiger partial charge is 0.466 e. The summed E-state index contributed by atoms with van der Waals surface area (Å²) in [7, 11) is 0. The number of hydrogen-bond acceptors (Lipinski definition) is 6. The zero-order valence-corrected chi connectivity index (χ0v) is 22.7. The molecule has 0 saturated carbocycles. The highest BCUT2D eigenvalue weighted by Gasteiger charge is 2.31. The second-order valence-corrected chi connectivity index (χ2v) is 10.9. The van der Waals surface area contributed by atoms with Crippen LogP contribution in [0, 0.1) is 17.8 Å². The topological polar surface area (TPSA) is 128 Å². The van der Waals surface area contributed by atoms with Crippen molar-refractivity contribution < 1.29 is 23.9 Å². The summed E-state index contributed by atoms with van der Waals surface area (Å²) in [4.78, 5) is 50.9. The van der Waals surface area contributed by atoms with Gasteiger partial charge in [0.25, 0.3) is 0 Å². The van der Waals surface area contributed by atoms with Gasteiger partial charge in [-0.15, -0.1) is 11.3 Å². The number of nitrogens with one attached hydrogen (secondary N) is 2. The number of ether oxygens (including phenoxy) is 1. The molecule has 0 aliphatic carbocycles. The van der Waals surface area contributed by atoms with E-state index in [1.165, 1.54) is 0 Å². The highest BCUT2D eigenvalue weighted by atomic mass is 32.1. The molecule has 3 amide bonds. The Hall–Kier alpha value is -2.94. The van der Waals surface area contributed by atoms with Crippen LogP contribution < -0.4 is 16.4 Å². The minimum atomic E-state index is -0.943. The van der Waals surface area contributed by atoms with Gasteiger partial charge < -0.3 is 21.1 Å². The maximum absolute atomic E-state index is 13.4. The fraction of sp³-hybridized carbons (Fsp3) is 0.556. The molecule has 1 aromatic heterocycles. The Kier molecular flexibility index (Phi) is 11.4. The number of amides is 3. The Bertz CT molecular complexity index is 1050. The van der Waals surface area contributed by atoms with Crippen molar-refractivity contribution in [3.8, 4) is 0 Å². The first-order valence-corrected chi connectivity index (χ1v) is 13.4. The van der Waals surface area contributed by atoms with Gasteiger partial charge in [-0.1, -0.05) is 45.9 Å². The number of thiophene rings is 1. The van der Waals surface area contributed by atoms with Crippen molar-refractivity contribution in [2.75, 3.05) is 6.61 Å². The lowest BCUT2D eigenvalue weighted by atomic mass is 9.92. The molecule has 0 radical (unpaired) electrons. The van der Waals surface area contributed by atoms with Crippen LogP contribution >= 0.6 is 11.3 Å². The van der Waals surface area contributed by atoms with E-state index < -0.39 is 41.7 Å². The Morgan fingerprint density at radius 1 is 0.944 bits per heavy atom. The van der Waals surface area contributed by atoms with Crippen molar-refractivity contribution in [1.29, 1.82) is 0 Å². The quantitative estimate of drug-likeness (QED) is 0.330. The summed E-state index contributed by atoms with van der Waals surface area (Å²) in [5, 5.41) is 8.58. The van der Waals surface area contributed by atoms with Crippen LogP contribution in [0.4, 0.5) is 0 Å². The predicted octanol–water partition coefficient (Wildman–Crippen LogP) is 3.56. The van der Waals surface area contributed by atoms with E-state index in [1.807, 2.05) is 57.3 Å². The van der Waals surface area contributed by atoms with Crippen LogP contribution in [-0.2, 0) is 30.3 Å². The first-order chi connectivity index (χ1) is 17.0. The van der Waals surface area contributed by atoms with Crippen LogP contribution in [0.3, 0.4) is 0 Å². The third-order valence-electron chi connectivity index (χ3n) is 5.83. The van der Waals surface area contributed by atoms with Gasteiger partial charge in [-0.3, -0.25) is 19.2 Å². The van der Waals surface area contributed by atoms with Crippen molar-refractivity contribution in [3.63, 3.8) is 0 Å². The predicted molar refractivity (Wildman–Crippen MR) is 142 cm³/mol. The van der Waals surface area contributed by atoms with E-state index in [4.69, 9.17) is 10.5 Å². The summed E-state index contributed by atoms with van der Waals surface area (Å²) < 4.78 is 6.13. The van der Waals surface area contributed by atoms with Gasteiger partial charge in [-0.25, -0.2) is 0 Å². The van der Waals surface area contributed by atoms with Crippen LogP contribution in [0.1, 0.15) is 59.4 Å². The molecule has 1 aromatic carbocycles. The van der Waals surface area contributed by atoms with Crippen molar-refractivity contribution in [2.24, 2.45) is 23.5 Å². The number of nitrogens with two attached hydrogens (primary N) is 1. The molecule has 4 N–H and O–H groups in total. The number of primary amides is 1. The molecular weight excluding hydrogens is 478 g/mol. The maximum Gasteiger partial charge on any atom is 0.306 e. The molecule has 1 heterocycles. The molecule has 2 aromatic rings. The van der Waals surface area contributed by atoms with Gasteiger partial charge in [0.2, 0.25) is 17.7 Å². The van der Waals surface area contributed by atoms with E-state index in [9.17, 15) is 19.2 Å². The van der Waals surface area contributed by atoms with Crippen molar-refractivity contribution >= 4 is 45.1 Å². The number of carbonyl (C=O) groups excluding carboxylic acids is 4. The van der Waals surface area contributed by atoms with Gasteiger partial charge in [0.05, 0.1) is 13.0 Å². The molecular formula is C27H39N3O5S. The summed E-state index contributed by atoms with van der Waals surface area (Å²) in [5.41, 5.74) is 6.46. The monoisotopic (exact) mass is 517 g/mol. The average Bonchev–Trinajstić information content (AvgIpc) is 3.20. The van der Waals surface area contributed by atoms with E-state index in [-0.39, 0.29) is 31.3 Å². The average molecular weight is 518 g/mol. The molecule has 198 valence electrons. The fourth-order valence-electron chi connectivity index (χ4n) is 4.17. The van der Waals surface area contributed by atoms with Gasteiger partial charge in [-0.2, -0.15) is 0 Å². The number of esters is 1. The number of carbonyl (C=O) groups is 4. The minimum absolute atomic E-state index is 0.0646. The zero-order chi connectivity index (χ0) is 26.8. The number of fused-ring (bicyclic) bond motifs is 1. The highest BCUT2D eigenvalue weighted by molar-refractivity contribution is 7.17. The summed E-state index contributed by atoms with van der Waals surface area (Å²) in [6, 6.07) is 6.06. The number of hydrogen-bond donors (Lipinski definition) is 3. The van der Waals surface area contributed by atoms with Crippen molar-refractivity contribution in [3.05, 3.63) is 35.2 Å².